The zero-order valence-corrected chi connectivity index (χ0v) is 28.9. The first-order valence-corrected chi connectivity index (χ1v) is 19.8. The summed E-state index contributed by atoms with van der Waals surface area (Å²) in [6.07, 6.45) is 6.87. The number of benzene rings is 2. The average Bonchev–Trinajstić information content (AvgIpc) is 3.04. The van der Waals surface area contributed by atoms with Gasteiger partial charge in [0.1, 0.15) is 0 Å². The van der Waals surface area contributed by atoms with E-state index in [0.29, 0.717) is 24.9 Å². The van der Waals surface area contributed by atoms with Crippen molar-refractivity contribution >= 4 is 48.5 Å². The Morgan fingerprint density at radius 3 is 1.26 bits per heavy atom. The Hall–Kier alpha value is -2.73. The molecule has 0 fully saturated rings. The van der Waals surface area contributed by atoms with Gasteiger partial charge in [0.05, 0.1) is 13.2 Å². The molecule has 13 heteroatoms. The van der Waals surface area contributed by atoms with Crippen LogP contribution in [0.3, 0.4) is 0 Å². The monoisotopic (exact) mass is 648 g/mol. The van der Waals surface area contributed by atoms with E-state index in [4.69, 9.17) is 35.4 Å². The lowest BCUT2D eigenvalue weighted by Gasteiger charge is -2.42. The first-order chi connectivity index (χ1) is 20.8. The number of carbonyl (C=O) groups excluding carboxylic acids is 2. The SMILES string of the molecule is CC=CC(=O)OCCC[Si](OC)(OC)O[Si](O[Si](CCCOC(=O)C=CC)(OC)OC)(c1ccccc1)c1ccccc1. The number of rotatable bonds is 20. The van der Waals surface area contributed by atoms with Gasteiger partial charge in [0, 0.05) is 52.7 Å². The lowest BCUT2D eigenvalue weighted by atomic mass is 10.4. The predicted octanol–water partition coefficient (Wildman–Crippen LogP) is 3.76. The smallest absolute Gasteiger partial charge is 0.463 e. The molecule has 2 aromatic carbocycles. The number of ether oxygens (including phenoxy) is 2. The van der Waals surface area contributed by atoms with Crippen LogP contribution in [0.2, 0.25) is 12.1 Å². The molecule has 0 saturated heterocycles. The summed E-state index contributed by atoms with van der Waals surface area (Å²) >= 11 is 0. The minimum absolute atomic E-state index is 0.168. The van der Waals surface area contributed by atoms with Gasteiger partial charge in [-0.15, -0.1) is 0 Å². The largest absolute Gasteiger partial charge is 0.492 e. The number of esters is 2. The van der Waals surface area contributed by atoms with Crippen LogP contribution in [-0.4, -0.2) is 79.8 Å². The Morgan fingerprint density at radius 1 is 0.605 bits per heavy atom. The highest BCUT2D eigenvalue weighted by atomic mass is 28.5. The maximum Gasteiger partial charge on any atom is 0.492 e. The van der Waals surface area contributed by atoms with Crippen LogP contribution in [0, 0.1) is 0 Å². The van der Waals surface area contributed by atoms with Crippen molar-refractivity contribution in [3.63, 3.8) is 0 Å². The van der Waals surface area contributed by atoms with E-state index in [2.05, 4.69) is 0 Å². The van der Waals surface area contributed by atoms with Crippen molar-refractivity contribution in [2.24, 2.45) is 0 Å². The third kappa shape index (κ3) is 10.7. The molecule has 0 unspecified atom stereocenters. The molecule has 2 rings (SSSR count). The standard InChI is InChI=1S/C30H44O10Si3/c1-7-17-29(31)37-23-15-25-41(33-3,34-4)39-43(27-19-11-9-12-20-27,28-21-13-10-14-22-28)40-42(35-5,36-6)26-16-24-38-30(32)18-8-2/h7-14,17-22H,15-16,23-26H2,1-6H3. The highest BCUT2D eigenvalue weighted by molar-refractivity contribution is 7.00. The van der Waals surface area contributed by atoms with E-state index in [1.165, 1.54) is 12.2 Å². The molecule has 0 radical (unpaired) electrons. The van der Waals surface area contributed by atoms with Crippen molar-refractivity contribution in [3.05, 3.63) is 85.0 Å². The molecule has 0 heterocycles. The van der Waals surface area contributed by atoms with E-state index in [0.717, 1.165) is 10.4 Å². The molecule has 0 atom stereocenters. The van der Waals surface area contributed by atoms with Gasteiger partial charge in [0.15, 0.2) is 0 Å². The van der Waals surface area contributed by atoms with E-state index in [9.17, 15) is 9.59 Å². The molecule has 236 valence electrons. The van der Waals surface area contributed by atoms with Gasteiger partial charge >= 0.3 is 38.1 Å². The molecule has 0 saturated carbocycles. The molecule has 0 aliphatic rings. The van der Waals surface area contributed by atoms with Crippen molar-refractivity contribution in [1.82, 2.24) is 0 Å². The van der Waals surface area contributed by atoms with Gasteiger partial charge in [-0.1, -0.05) is 72.8 Å². The zero-order chi connectivity index (χ0) is 31.6. The third-order valence-corrected chi connectivity index (χ3v) is 17.9. The molecule has 0 aliphatic carbocycles. The summed E-state index contributed by atoms with van der Waals surface area (Å²) in [5.41, 5.74) is 0. The van der Waals surface area contributed by atoms with Gasteiger partial charge in [-0.2, -0.15) is 0 Å². The van der Waals surface area contributed by atoms with Crippen molar-refractivity contribution in [1.29, 1.82) is 0 Å². The molecule has 0 spiro atoms. The lowest BCUT2D eigenvalue weighted by Crippen LogP contribution is -2.73. The van der Waals surface area contributed by atoms with Crippen LogP contribution in [0.15, 0.2) is 85.0 Å². The second-order valence-corrected chi connectivity index (χ2v) is 18.7. The van der Waals surface area contributed by atoms with E-state index in [-0.39, 0.29) is 13.2 Å². The lowest BCUT2D eigenvalue weighted by molar-refractivity contribution is -0.138. The molecule has 0 aliphatic heterocycles. The summed E-state index contributed by atoms with van der Waals surface area (Å²) in [6, 6.07) is 20.0. The molecule has 43 heavy (non-hydrogen) atoms. The minimum atomic E-state index is -3.71. The minimum Gasteiger partial charge on any atom is -0.463 e. The number of allylic oxidation sites excluding steroid dienone is 2. The molecule has 0 N–H and O–H groups in total. The highest BCUT2D eigenvalue weighted by Crippen LogP contribution is 2.28. The van der Waals surface area contributed by atoms with Gasteiger partial charge in [0.25, 0.3) is 0 Å². The molecular formula is C30H44O10Si3. The Balaban J connectivity index is 2.54. The fourth-order valence-electron chi connectivity index (χ4n) is 4.31. The first kappa shape index (κ1) is 36.5. The fourth-order valence-corrected chi connectivity index (χ4v) is 16.3. The summed E-state index contributed by atoms with van der Waals surface area (Å²) in [5.74, 6) is -0.836. The van der Waals surface area contributed by atoms with Gasteiger partial charge in [-0.05, 0) is 37.1 Å². The number of hydrogen-bond acceptors (Lipinski definition) is 10. The van der Waals surface area contributed by atoms with E-state index >= 15 is 0 Å². The average molecular weight is 649 g/mol. The number of carbonyl (C=O) groups is 2. The fraction of sp³-hybridized carbons (Fsp3) is 0.400. The summed E-state index contributed by atoms with van der Waals surface area (Å²) in [6.45, 7) is 3.84. The molecule has 0 amide bonds. The molecule has 0 bridgehead atoms. The second-order valence-electron chi connectivity index (χ2n) is 9.28. The summed E-state index contributed by atoms with van der Waals surface area (Å²) < 4.78 is 49.0. The van der Waals surface area contributed by atoms with Crippen LogP contribution in [0.1, 0.15) is 26.7 Å². The van der Waals surface area contributed by atoms with Crippen LogP contribution in [-0.2, 0) is 45.0 Å². The molecule has 0 aromatic heterocycles. The van der Waals surface area contributed by atoms with Gasteiger partial charge in [-0.25, -0.2) is 9.59 Å². The quantitative estimate of drug-likeness (QED) is 0.0912. The second kappa shape index (κ2) is 18.8. The topological polar surface area (TPSA) is 108 Å². The van der Waals surface area contributed by atoms with Crippen molar-refractivity contribution < 1.29 is 45.0 Å². The Bertz CT molecular complexity index is 1060. The molecule has 10 nitrogen and oxygen atoms in total. The van der Waals surface area contributed by atoms with Crippen molar-refractivity contribution in [2.45, 2.75) is 38.8 Å². The maximum absolute atomic E-state index is 11.8. The Kier molecular flexibility index (Phi) is 16.0. The summed E-state index contributed by atoms with van der Waals surface area (Å²) in [7, 11) is -4.43. The number of hydrogen-bond donors (Lipinski definition) is 0. The van der Waals surface area contributed by atoms with Crippen LogP contribution in [0.25, 0.3) is 0 Å². The maximum atomic E-state index is 11.8. The van der Waals surface area contributed by atoms with Crippen LogP contribution >= 0.6 is 0 Å². The van der Waals surface area contributed by atoms with E-state index in [1.54, 1.807) is 54.4 Å². The summed E-state index contributed by atoms with van der Waals surface area (Å²) in [5, 5.41) is 1.61. The Labute approximate surface area is 258 Å². The summed E-state index contributed by atoms with van der Waals surface area (Å²) in [4.78, 5) is 23.7. The third-order valence-electron chi connectivity index (χ3n) is 6.50. The van der Waals surface area contributed by atoms with Gasteiger partial charge in [-0.3, -0.25) is 0 Å². The zero-order valence-electron chi connectivity index (χ0n) is 25.9. The van der Waals surface area contributed by atoms with Crippen LogP contribution < -0.4 is 10.4 Å². The normalized spacial score (nSPS) is 12.6. The predicted molar refractivity (Wildman–Crippen MR) is 170 cm³/mol. The van der Waals surface area contributed by atoms with Crippen LogP contribution in [0.5, 0.6) is 0 Å². The van der Waals surface area contributed by atoms with Gasteiger partial charge < -0.3 is 35.4 Å². The van der Waals surface area contributed by atoms with Crippen LogP contribution in [0.4, 0.5) is 0 Å². The van der Waals surface area contributed by atoms with Crippen molar-refractivity contribution in [3.8, 4) is 0 Å². The van der Waals surface area contributed by atoms with E-state index < -0.39 is 38.1 Å². The first-order valence-electron chi connectivity index (χ1n) is 14.1. The van der Waals surface area contributed by atoms with E-state index in [1.807, 2.05) is 60.7 Å². The van der Waals surface area contributed by atoms with Gasteiger partial charge in [0.2, 0.25) is 0 Å². The highest BCUT2D eigenvalue weighted by Gasteiger charge is 2.58. The Morgan fingerprint density at radius 2 is 0.953 bits per heavy atom. The molecule has 2 aromatic rings. The van der Waals surface area contributed by atoms with Crippen molar-refractivity contribution in [2.75, 3.05) is 41.7 Å². The molecular weight excluding hydrogens is 605 g/mol.